The van der Waals surface area contributed by atoms with E-state index in [-0.39, 0.29) is 22.0 Å². The molecule has 0 unspecified atom stereocenters. The van der Waals surface area contributed by atoms with Crippen molar-refractivity contribution in [3.8, 4) is 0 Å². The minimum atomic E-state index is -0.800. The molecule has 0 aromatic heterocycles. The molecule has 128 valence electrons. The van der Waals surface area contributed by atoms with E-state index in [9.17, 15) is 30.3 Å². The lowest BCUT2D eigenvalue weighted by molar-refractivity contribution is -0.393. The van der Waals surface area contributed by atoms with Gasteiger partial charge in [-0.1, -0.05) is 11.6 Å². The highest BCUT2D eigenvalue weighted by atomic mass is 35.5. The Balaban J connectivity index is 2.28. The Labute approximate surface area is 144 Å². The number of nitro benzene ring substituents is 3. The highest BCUT2D eigenvalue weighted by Crippen LogP contribution is 2.29. The van der Waals surface area contributed by atoms with E-state index < -0.39 is 26.1 Å². The molecule has 2 rings (SSSR count). The van der Waals surface area contributed by atoms with Gasteiger partial charge in [0.1, 0.15) is 5.69 Å². The molecule has 0 fully saturated rings. The fourth-order valence-electron chi connectivity index (χ4n) is 1.79. The van der Waals surface area contributed by atoms with Crippen LogP contribution in [0.2, 0.25) is 5.02 Å². The van der Waals surface area contributed by atoms with Crippen LogP contribution in [-0.2, 0) is 0 Å². The summed E-state index contributed by atoms with van der Waals surface area (Å²) in [5.74, 6) is 0. The second-order valence-corrected chi connectivity index (χ2v) is 4.96. The first-order chi connectivity index (χ1) is 11.8. The molecule has 0 radical (unpaired) electrons. The fourth-order valence-corrected chi connectivity index (χ4v) is 1.96. The lowest BCUT2D eigenvalue weighted by Gasteiger charge is -2.02. The molecular weight excluding hydrogens is 358 g/mol. The predicted octanol–water partition coefficient (Wildman–Crippen LogP) is 3.51. The van der Waals surface area contributed by atoms with Crippen molar-refractivity contribution in [1.82, 2.24) is 0 Å². The number of nitro groups is 3. The zero-order chi connectivity index (χ0) is 18.6. The third kappa shape index (κ3) is 4.23. The molecule has 0 atom stereocenters. The van der Waals surface area contributed by atoms with Gasteiger partial charge in [-0.05, 0) is 12.1 Å². The topological polar surface area (TPSA) is 154 Å². The van der Waals surface area contributed by atoms with E-state index in [4.69, 9.17) is 11.6 Å². The van der Waals surface area contributed by atoms with Gasteiger partial charge in [-0.3, -0.25) is 35.8 Å². The second kappa shape index (κ2) is 7.31. The first kappa shape index (κ1) is 17.7. The maximum absolute atomic E-state index is 11.0. The van der Waals surface area contributed by atoms with Gasteiger partial charge >= 0.3 is 5.69 Å². The van der Waals surface area contributed by atoms with Gasteiger partial charge in [0, 0.05) is 28.8 Å². The van der Waals surface area contributed by atoms with Crippen molar-refractivity contribution >= 4 is 40.6 Å². The maximum Gasteiger partial charge on any atom is 0.301 e. The van der Waals surface area contributed by atoms with Crippen LogP contribution < -0.4 is 5.43 Å². The molecule has 12 heteroatoms. The van der Waals surface area contributed by atoms with Gasteiger partial charge in [-0.15, -0.1) is 0 Å². The molecule has 0 heterocycles. The van der Waals surface area contributed by atoms with Gasteiger partial charge in [-0.2, -0.15) is 5.10 Å². The van der Waals surface area contributed by atoms with Crippen LogP contribution in [0.15, 0.2) is 41.5 Å². The number of benzene rings is 2. The molecule has 0 amide bonds. The Kier molecular flexibility index (Phi) is 5.19. The molecule has 2 aromatic carbocycles. The minimum Gasteiger partial charge on any atom is -0.272 e. The first-order valence-corrected chi connectivity index (χ1v) is 6.83. The molecule has 0 saturated carbocycles. The summed E-state index contributed by atoms with van der Waals surface area (Å²) in [5.41, 5.74) is 1.30. The quantitative estimate of drug-likeness (QED) is 0.466. The van der Waals surface area contributed by atoms with E-state index in [1.54, 1.807) is 0 Å². The Morgan fingerprint density at radius 1 is 0.920 bits per heavy atom. The van der Waals surface area contributed by atoms with Crippen LogP contribution in [-0.4, -0.2) is 21.0 Å². The summed E-state index contributed by atoms with van der Waals surface area (Å²) >= 11 is 5.90. The lowest BCUT2D eigenvalue weighted by Crippen LogP contribution is -1.99. The van der Waals surface area contributed by atoms with Gasteiger partial charge in [0.05, 0.1) is 27.1 Å². The minimum absolute atomic E-state index is 0.0894. The predicted molar refractivity (Wildman–Crippen MR) is 89.1 cm³/mol. The highest BCUT2D eigenvalue weighted by molar-refractivity contribution is 6.33. The standard InChI is InChI=1S/C13H8ClN5O6/c14-11-3-1-9(17(20)21)5-8(11)7-15-16-12-4-2-10(18(22)23)6-13(12)19(24)25/h1-7,16H. The molecule has 0 bridgehead atoms. The number of non-ortho nitro benzene ring substituents is 2. The number of nitrogens with one attached hydrogen (secondary N) is 1. The summed E-state index contributed by atoms with van der Waals surface area (Å²) < 4.78 is 0. The van der Waals surface area contributed by atoms with Crippen LogP contribution in [0.4, 0.5) is 22.7 Å². The molecule has 0 saturated heterocycles. The van der Waals surface area contributed by atoms with Gasteiger partial charge in [0.15, 0.2) is 0 Å². The monoisotopic (exact) mass is 365 g/mol. The Morgan fingerprint density at radius 3 is 2.12 bits per heavy atom. The van der Waals surface area contributed by atoms with Crippen LogP contribution in [0.1, 0.15) is 5.56 Å². The zero-order valence-electron chi connectivity index (χ0n) is 12.2. The second-order valence-electron chi connectivity index (χ2n) is 4.55. The normalized spacial score (nSPS) is 10.6. The number of hydrogen-bond donors (Lipinski definition) is 1. The van der Waals surface area contributed by atoms with E-state index in [1.807, 2.05) is 0 Å². The van der Waals surface area contributed by atoms with Crippen LogP contribution in [0.25, 0.3) is 0 Å². The van der Waals surface area contributed by atoms with Crippen molar-refractivity contribution in [3.63, 3.8) is 0 Å². The average molecular weight is 366 g/mol. The van der Waals surface area contributed by atoms with E-state index in [1.165, 1.54) is 18.2 Å². The van der Waals surface area contributed by atoms with E-state index in [0.717, 1.165) is 24.4 Å². The number of anilines is 1. The summed E-state index contributed by atoms with van der Waals surface area (Å²) in [6.45, 7) is 0. The third-order valence-corrected chi connectivity index (χ3v) is 3.31. The van der Waals surface area contributed by atoms with Gasteiger partial charge < -0.3 is 0 Å². The summed E-state index contributed by atoms with van der Waals surface area (Å²) in [7, 11) is 0. The molecule has 0 aliphatic carbocycles. The Bertz CT molecular complexity index is 900. The number of halogens is 1. The van der Waals surface area contributed by atoms with Crippen molar-refractivity contribution in [2.75, 3.05) is 5.43 Å². The average Bonchev–Trinajstić information content (AvgIpc) is 2.56. The first-order valence-electron chi connectivity index (χ1n) is 6.45. The molecule has 25 heavy (non-hydrogen) atoms. The Hall–Kier alpha value is -3.60. The lowest BCUT2D eigenvalue weighted by atomic mass is 10.2. The molecular formula is C13H8ClN5O6. The summed E-state index contributed by atoms with van der Waals surface area (Å²) in [5, 5.41) is 36.3. The van der Waals surface area contributed by atoms with Crippen molar-refractivity contribution < 1.29 is 14.8 Å². The van der Waals surface area contributed by atoms with Gasteiger partial charge in [0.2, 0.25) is 0 Å². The third-order valence-electron chi connectivity index (χ3n) is 2.97. The fraction of sp³-hybridized carbons (Fsp3) is 0. The van der Waals surface area contributed by atoms with Crippen molar-refractivity contribution in [1.29, 1.82) is 0 Å². The molecule has 0 spiro atoms. The number of hydrazone groups is 1. The summed E-state index contributed by atoms with van der Waals surface area (Å²) in [6.07, 6.45) is 1.14. The molecule has 0 aliphatic rings. The zero-order valence-corrected chi connectivity index (χ0v) is 12.9. The largest absolute Gasteiger partial charge is 0.301 e. The Morgan fingerprint density at radius 2 is 1.52 bits per heavy atom. The SMILES string of the molecule is O=[N+]([O-])c1ccc(Cl)c(C=NNc2ccc([N+](=O)[O-])cc2[N+](=O)[O-])c1. The number of rotatable bonds is 6. The molecule has 1 N–H and O–H groups in total. The number of nitrogens with zero attached hydrogens (tertiary/aromatic N) is 4. The van der Waals surface area contributed by atoms with Gasteiger partial charge in [0.25, 0.3) is 11.4 Å². The smallest absolute Gasteiger partial charge is 0.272 e. The van der Waals surface area contributed by atoms with E-state index in [2.05, 4.69) is 10.5 Å². The maximum atomic E-state index is 11.0. The van der Waals surface area contributed by atoms with Gasteiger partial charge in [-0.25, -0.2) is 0 Å². The van der Waals surface area contributed by atoms with Crippen molar-refractivity contribution in [2.24, 2.45) is 5.10 Å². The summed E-state index contributed by atoms with van der Waals surface area (Å²) in [4.78, 5) is 30.2. The summed E-state index contributed by atoms with van der Waals surface area (Å²) in [6, 6.07) is 6.70. The van der Waals surface area contributed by atoms with Crippen LogP contribution in [0, 0.1) is 30.3 Å². The van der Waals surface area contributed by atoms with E-state index >= 15 is 0 Å². The molecule has 11 nitrogen and oxygen atoms in total. The number of hydrogen-bond acceptors (Lipinski definition) is 8. The van der Waals surface area contributed by atoms with Crippen LogP contribution in [0.5, 0.6) is 0 Å². The van der Waals surface area contributed by atoms with Crippen molar-refractivity contribution in [3.05, 3.63) is 77.3 Å². The van der Waals surface area contributed by atoms with Crippen LogP contribution >= 0.6 is 11.6 Å². The molecule has 0 aliphatic heterocycles. The molecule has 2 aromatic rings. The van der Waals surface area contributed by atoms with Crippen LogP contribution in [0.3, 0.4) is 0 Å². The highest BCUT2D eigenvalue weighted by Gasteiger charge is 2.19. The van der Waals surface area contributed by atoms with Crippen molar-refractivity contribution in [2.45, 2.75) is 0 Å². The van der Waals surface area contributed by atoms with E-state index in [0.29, 0.717) is 0 Å².